The summed E-state index contributed by atoms with van der Waals surface area (Å²) in [5.74, 6) is 0. The lowest BCUT2D eigenvalue weighted by Gasteiger charge is -2.05. The molecule has 0 saturated carbocycles. The van der Waals surface area contributed by atoms with Gasteiger partial charge in [0, 0.05) is 6.04 Å². The highest BCUT2D eigenvalue weighted by molar-refractivity contribution is 4.59. The Morgan fingerprint density at radius 2 is 2.00 bits per heavy atom. The number of hydrogen-bond donors (Lipinski definition) is 2. The molecular formula is C6H16N2. The normalized spacial score (nSPS) is 13.9. The van der Waals surface area contributed by atoms with Crippen molar-refractivity contribution < 1.29 is 0 Å². The average Bonchev–Trinajstić information content (AvgIpc) is 1.68. The highest BCUT2D eigenvalue weighted by Crippen LogP contribution is 1.95. The lowest BCUT2D eigenvalue weighted by atomic mass is 10.1. The fourth-order valence-corrected chi connectivity index (χ4v) is 0.729. The van der Waals surface area contributed by atoms with Gasteiger partial charge in [-0.15, -0.1) is 0 Å². The van der Waals surface area contributed by atoms with Crippen LogP contribution in [0.5, 0.6) is 0 Å². The fraction of sp³-hybridized carbons (Fsp3) is 1.00. The molecule has 0 aromatic rings. The smallest absolute Gasteiger partial charge is 0.00507 e. The molecule has 0 amide bonds. The van der Waals surface area contributed by atoms with E-state index in [-0.39, 0.29) is 0 Å². The third-order valence-electron chi connectivity index (χ3n) is 1.20. The van der Waals surface area contributed by atoms with Crippen molar-refractivity contribution >= 4 is 0 Å². The first-order valence-corrected chi connectivity index (χ1v) is 3.27. The van der Waals surface area contributed by atoms with Crippen LogP contribution in [0.15, 0.2) is 0 Å². The van der Waals surface area contributed by atoms with Crippen molar-refractivity contribution in [3.8, 4) is 0 Å². The zero-order chi connectivity index (χ0) is 6.41. The van der Waals surface area contributed by atoms with E-state index in [9.17, 15) is 0 Å². The second kappa shape index (κ2) is 5.06. The zero-order valence-electron chi connectivity index (χ0n) is 5.56. The van der Waals surface area contributed by atoms with Crippen molar-refractivity contribution in [3.63, 3.8) is 0 Å². The van der Waals surface area contributed by atoms with Crippen LogP contribution < -0.4 is 11.5 Å². The quantitative estimate of drug-likeness (QED) is 0.560. The Hall–Kier alpha value is -0.0800. The summed E-state index contributed by atoms with van der Waals surface area (Å²) in [5.41, 5.74) is 10.9. The van der Waals surface area contributed by atoms with Crippen molar-refractivity contribution in [1.82, 2.24) is 0 Å². The molecule has 0 fully saturated rings. The Bertz CT molecular complexity index is 39.8. The summed E-state index contributed by atoms with van der Waals surface area (Å²) in [6.45, 7) is 2.86. The second-order valence-electron chi connectivity index (χ2n) is 2.13. The molecule has 0 heterocycles. The van der Waals surface area contributed by atoms with Crippen LogP contribution in [0.1, 0.15) is 26.2 Å². The first-order chi connectivity index (χ1) is 3.81. The summed E-state index contributed by atoms with van der Waals surface area (Å²) in [7, 11) is 0. The van der Waals surface area contributed by atoms with E-state index >= 15 is 0 Å². The molecule has 0 aliphatic rings. The second-order valence-corrected chi connectivity index (χ2v) is 2.13. The molecule has 0 aliphatic heterocycles. The van der Waals surface area contributed by atoms with Gasteiger partial charge >= 0.3 is 0 Å². The maximum absolute atomic E-state index is 5.61. The third-order valence-corrected chi connectivity index (χ3v) is 1.20. The molecule has 8 heavy (non-hydrogen) atoms. The van der Waals surface area contributed by atoms with Gasteiger partial charge < -0.3 is 11.5 Å². The van der Waals surface area contributed by atoms with Gasteiger partial charge in [0.15, 0.2) is 0 Å². The van der Waals surface area contributed by atoms with Crippen LogP contribution in [0.4, 0.5) is 0 Å². The van der Waals surface area contributed by atoms with Gasteiger partial charge in [0.25, 0.3) is 0 Å². The van der Waals surface area contributed by atoms with Crippen molar-refractivity contribution in [3.05, 3.63) is 0 Å². The summed E-state index contributed by atoms with van der Waals surface area (Å²) < 4.78 is 0. The van der Waals surface area contributed by atoms with Gasteiger partial charge in [-0.3, -0.25) is 0 Å². The van der Waals surface area contributed by atoms with Crippen LogP contribution in [0.25, 0.3) is 0 Å². The molecular weight excluding hydrogens is 100 g/mol. The monoisotopic (exact) mass is 116 g/mol. The molecule has 0 spiro atoms. The molecule has 2 heteroatoms. The molecule has 0 unspecified atom stereocenters. The molecule has 1 atom stereocenters. The minimum atomic E-state index is 0.338. The zero-order valence-corrected chi connectivity index (χ0v) is 5.56. The Morgan fingerprint density at radius 3 is 2.38 bits per heavy atom. The summed E-state index contributed by atoms with van der Waals surface area (Å²) in [4.78, 5) is 0. The van der Waals surface area contributed by atoms with Gasteiger partial charge in [-0.2, -0.15) is 0 Å². The lowest BCUT2D eigenvalue weighted by Crippen LogP contribution is -2.22. The Morgan fingerprint density at radius 1 is 1.38 bits per heavy atom. The minimum Gasteiger partial charge on any atom is -0.330 e. The van der Waals surface area contributed by atoms with Gasteiger partial charge in [0.05, 0.1) is 0 Å². The first kappa shape index (κ1) is 7.92. The van der Waals surface area contributed by atoms with Crippen LogP contribution in [0, 0.1) is 0 Å². The fourth-order valence-electron chi connectivity index (χ4n) is 0.729. The van der Waals surface area contributed by atoms with E-state index in [4.69, 9.17) is 11.5 Å². The minimum absolute atomic E-state index is 0.338. The van der Waals surface area contributed by atoms with Crippen LogP contribution in [-0.4, -0.2) is 12.6 Å². The highest BCUT2D eigenvalue weighted by Gasteiger charge is 1.96. The Labute approximate surface area is 51.2 Å². The van der Waals surface area contributed by atoms with E-state index in [0.717, 1.165) is 19.4 Å². The van der Waals surface area contributed by atoms with Crippen molar-refractivity contribution in [2.75, 3.05) is 6.54 Å². The van der Waals surface area contributed by atoms with Gasteiger partial charge in [-0.25, -0.2) is 0 Å². The lowest BCUT2D eigenvalue weighted by molar-refractivity contribution is 0.568. The first-order valence-electron chi connectivity index (χ1n) is 3.27. The Balaban J connectivity index is 2.92. The molecule has 0 radical (unpaired) electrons. The van der Waals surface area contributed by atoms with E-state index in [0.29, 0.717) is 6.04 Å². The molecule has 0 bridgehead atoms. The molecule has 0 rings (SSSR count). The molecule has 0 saturated heterocycles. The molecule has 50 valence electrons. The average molecular weight is 116 g/mol. The van der Waals surface area contributed by atoms with Gasteiger partial charge in [-0.05, 0) is 19.4 Å². The molecule has 2 nitrogen and oxygen atoms in total. The maximum atomic E-state index is 5.61. The van der Waals surface area contributed by atoms with Crippen molar-refractivity contribution in [1.29, 1.82) is 0 Å². The predicted molar refractivity (Wildman–Crippen MR) is 36.6 cm³/mol. The largest absolute Gasteiger partial charge is 0.330 e. The van der Waals surface area contributed by atoms with Gasteiger partial charge in [0.1, 0.15) is 0 Å². The van der Waals surface area contributed by atoms with Crippen molar-refractivity contribution in [2.24, 2.45) is 11.5 Å². The van der Waals surface area contributed by atoms with E-state index in [2.05, 4.69) is 6.92 Å². The van der Waals surface area contributed by atoms with Gasteiger partial charge in [-0.1, -0.05) is 13.3 Å². The van der Waals surface area contributed by atoms with E-state index in [1.54, 1.807) is 0 Å². The van der Waals surface area contributed by atoms with E-state index < -0.39 is 0 Å². The number of hydrogen-bond acceptors (Lipinski definition) is 2. The van der Waals surface area contributed by atoms with Crippen LogP contribution >= 0.6 is 0 Å². The van der Waals surface area contributed by atoms with Crippen molar-refractivity contribution in [2.45, 2.75) is 32.2 Å². The highest BCUT2D eigenvalue weighted by atomic mass is 14.6. The maximum Gasteiger partial charge on any atom is 0.00507 e. The van der Waals surface area contributed by atoms with E-state index in [1.165, 1.54) is 6.42 Å². The molecule has 0 aromatic carbocycles. The van der Waals surface area contributed by atoms with Crippen LogP contribution in [-0.2, 0) is 0 Å². The predicted octanol–water partition coefficient (Wildman–Crippen LogP) is 0.463. The number of nitrogens with two attached hydrogens (primary N) is 2. The summed E-state index contributed by atoms with van der Waals surface area (Å²) >= 11 is 0. The topological polar surface area (TPSA) is 52.0 Å². The van der Waals surface area contributed by atoms with Crippen LogP contribution in [0.2, 0.25) is 0 Å². The molecule has 4 N–H and O–H groups in total. The van der Waals surface area contributed by atoms with Crippen LogP contribution in [0.3, 0.4) is 0 Å². The summed E-state index contributed by atoms with van der Waals surface area (Å²) in [6.07, 6.45) is 3.24. The Kier molecular flexibility index (Phi) is 5.01. The third kappa shape index (κ3) is 4.09. The molecule has 0 aliphatic carbocycles. The summed E-state index contributed by atoms with van der Waals surface area (Å²) in [5, 5.41) is 0. The number of rotatable bonds is 4. The molecule has 0 aromatic heterocycles. The van der Waals surface area contributed by atoms with E-state index in [1.807, 2.05) is 0 Å². The standard InChI is InChI=1S/C6H16N2/c1-2-3-6(8)4-5-7/h6H,2-5,7-8H2,1H3/t6-/m0/s1. The summed E-state index contributed by atoms with van der Waals surface area (Å²) in [6, 6.07) is 0.338. The van der Waals surface area contributed by atoms with Gasteiger partial charge in [0.2, 0.25) is 0 Å². The SMILES string of the molecule is CCC[C@H](N)CCN.